The van der Waals surface area contributed by atoms with Crippen molar-refractivity contribution in [2.45, 2.75) is 19.4 Å². The summed E-state index contributed by atoms with van der Waals surface area (Å²) in [6, 6.07) is 14.5. The first-order chi connectivity index (χ1) is 12.2. The molecule has 1 aromatic carbocycles. The average molecular weight is 352 g/mol. The quantitative estimate of drug-likeness (QED) is 0.704. The van der Waals surface area contributed by atoms with Gasteiger partial charge in [-0.15, -0.1) is 10.2 Å². The van der Waals surface area contributed by atoms with Crippen molar-refractivity contribution in [1.29, 1.82) is 0 Å². The summed E-state index contributed by atoms with van der Waals surface area (Å²) in [6.45, 7) is 3.27. The fourth-order valence-corrected chi connectivity index (χ4v) is 4.23. The molecule has 1 aliphatic rings. The predicted octanol–water partition coefficient (Wildman–Crippen LogP) is 4.20. The highest BCUT2D eigenvalue weighted by molar-refractivity contribution is 7.18. The number of benzene rings is 1. The summed E-state index contributed by atoms with van der Waals surface area (Å²) in [6.07, 6.45) is 2.89. The molecule has 3 heterocycles. The first-order valence-electron chi connectivity index (χ1n) is 8.40. The number of aromatic nitrogens is 3. The van der Waals surface area contributed by atoms with Crippen molar-refractivity contribution >= 4 is 16.5 Å². The van der Waals surface area contributed by atoms with Crippen LogP contribution in [0.1, 0.15) is 24.9 Å². The van der Waals surface area contributed by atoms with E-state index in [0.29, 0.717) is 12.0 Å². The van der Waals surface area contributed by atoms with Gasteiger partial charge in [0.1, 0.15) is 11.4 Å². The molecule has 1 fully saturated rings. The fraction of sp³-hybridized carbons (Fsp3) is 0.316. The Labute approximate surface area is 151 Å². The van der Waals surface area contributed by atoms with Crippen LogP contribution in [0.4, 0.5) is 5.13 Å². The van der Waals surface area contributed by atoms with Crippen LogP contribution in [0.5, 0.6) is 5.75 Å². The van der Waals surface area contributed by atoms with Crippen molar-refractivity contribution in [1.82, 2.24) is 15.2 Å². The Morgan fingerprint density at radius 1 is 1.16 bits per heavy atom. The molecule has 6 heteroatoms. The maximum Gasteiger partial charge on any atom is 0.209 e. The summed E-state index contributed by atoms with van der Waals surface area (Å²) < 4.78 is 5.39. The molecule has 4 rings (SSSR count). The highest BCUT2D eigenvalue weighted by atomic mass is 32.1. The zero-order valence-corrected chi connectivity index (χ0v) is 15.1. The van der Waals surface area contributed by atoms with Crippen molar-refractivity contribution in [3.8, 4) is 16.5 Å². The molecule has 2 aromatic heterocycles. The minimum atomic E-state index is 0.301. The van der Waals surface area contributed by atoms with E-state index in [1.54, 1.807) is 24.6 Å². The largest absolute Gasteiger partial charge is 0.497 e. The van der Waals surface area contributed by atoms with Gasteiger partial charge >= 0.3 is 0 Å². The zero-order valence-electron chi connectivity index (χ0n) is 14.3. The molecule has 5 nitrogen and oxygen atoms in total. The molecule has 2 atom stereocenters. The maximum absolute atomic E-state index is 5.39. The van der Waals surface area contributed by atoms with E-state index in [2.05, 4.69) is 45.2 Å². The standard InChI is InChI=1S/C19H20N4OS/c1-13-10-17(14-6-5-7-15(11-14)24-2)23(12-13)19-22-21-18(25-19)16-8-3-4-9-20-16/h3-9,11,13,17H,10,12H2,1-2H3/t13-,17-/m0/s1. The Hall–Kier alpha value is -2.47. The molecule has 0 N–H and O–H groups in total. The number of nitrogens with zero attached hydrogens (tertiary/aromatic N) is 4. The number of ether oxygens (including phenoxy) is 1. The molecule has 0 spiro atoms. The number of hydrogen-bond acceptors (Lipinski definition) is 6. The second-order valence-corrected chi connectivity index (χ2v) is 7.35. The molecule has 1 saturated heterocycles. The average Bonchev–Trinajstić information content (AvgIpc) is 3.29. The molecule has 0 bridgehead atoms. The molecular formula is C19H20N4OS. The highest BCUT2D eigenvalue weighted by Crippen LogP contribution is 2.41. The Kier molecular flexibility index (Phi) is 4.36. The summed E-state index contributed by atoms with van der Waals surface area (Å²) in [5.74, 6) is 1.50. The van der Waals surface area contributed by atoms with Gasteiger partial charge in [0, 0.05) is 12.7 Å². The third-order valence-corrected chi connectivity index (χ3v) is 5.52. The molecule has 128 valence electrons. The van der Waals surface area contributed by atoms with Crippen molar-refractivity contribution in [3.63, 3.8) is 0 Å². The lowest BCUT2D eigenvalue weighted by Gasteiger charge is -2.24. The van der Waals surface area contributed by atoms with E-state index in [0.717, 1.165) is 34.5 Å². The normalized spacial score (nSPS) is 20.0. The molecule has 1 aliphatic heterocycles. The number of hydrogen-bond donors (Lipinski definition) is 0. The van der Waals surface area contributed by atoms with Crippen LogP contribution in [0.25, 0.3) is 10.7 Å². The van der Waals surface area contributed by atoms with Crippen LogP contribution >= 0.6 is 11.3 Å². The summed E-state index contributed by atoms with van der Waals surface area (Å²) in [5.41, 5.74) is 2.13. The minimum absolute atomic E-state index is 0.301. The predicted molar refractivity (Wildman–Crippen MR) is 100 cm³/mol. The molecule has 0 radical (unpaired) electrons. The number of anilines is 1. The van der Waals surface area contributed by atoms with Gasteiger partial charge in [0.05, 0.1) is 13.2 Å². The van der Waals surface area contributed by atoms with E-state index < -0.39 is 0 Å². The molecule has 25 heavy (non-hydrogen) atoms. The van der Waals surface area contributed by atoms with Gasteiger partial charge in [-0.25, -0.2) is 0 Å². The lowest BCUT2D eigenvalue weighted by atomic mass is 10.0. The maximum atomic E-state index is 5.39. The summed E-state index contributed by atoms with van der Waals surface area (Å²) in [5, 5.41) is 10.6. The number of rotatable bonds is 4. The summed E-state index contributed by atoms with van der Waals surface area (Å²) >= 11 is 1.60. The van der Waals surface area contributed by atoms with Gasteiger partial charge in [0.15, 0.2) is 5.01 Å². The van der Waals surface area contributed by atoms with Gasteiger partial charge in [0.2, 0.25) is 5.13 Å². The monoisotopic (exact) mass is 352 g/mol. The Bertz CT molecular complexity index is 851. The van der Waals surface area contributed by atoms with Crippen LogP contribution in [-0.2, 0) is 0 Å². The fourth-order valence-electron chi connectivity index (χ4n) is 3.35. The first kappa shape index (κ1) is 16.0. The highest BCUT2D eigenvalue weighted by Gasteiger charge is 2.33. The Morgan fingerprint density at radius 2 is 2.08 bits per heavy atom. The lowest BCUT2D eigenvalue weighted by Crippen LogP contribution is -2.23. The van der Waals surface area contributed by atoms with Gasteiger partial charge in [-0.2, -0.15) is 0 Å². The van der Waals surface area contributed by atoms with E-state index in [4.69, 9.17) is 4.74 Å². The van der Waals surface area contributed by atoms with Crippen LogP contribution in [0.3, 0.4) is 0 Å². The van der Waals surface area contributed by atoms with Gasteiger partial charge in [0.25, 0.3) is 0 Å². The molecule has 0 saturated carbocycles. The zero-order chi connectivity index (χ0) is 17.2. The van der Waals surface area contributed by atoms with Gasteiger partial charge in [-0.3, -0.25) is 4.98 Å². The van der Waals surface area contributed by atoms with Crippen molar-refractivity contribution in [2.24, 2.45) is 5.92 Å². The van der Waals surface area contributed by atoms with E-state index in [1.807, 2.05) is 24.3 Å². The van der Waals surface area contributed by atoms with Gasteiger partial charge < -0.3 is 9.64 Å². The summed E-state index contributed by atoms with van der Waals surface area (Å²) in [4.78, 5) is 6.74. The van der Waals surface area contributed by atoms with Crippen LogP contribution in [-0.4, -0.2) is 28.8 Å². The van der Waals surface area contributed by atoms with Crippen LogP contribution in [0, 0.1) is 5.92 Å². The van der Waals surface area contributed by atoms with Gasteiger partial charge in [-0.05, 0) is 42.2 Å². The SMILES string of the molecule is COc1cccc([C@@H]2C[C@H](C)CN2c2nnc(-c3ccccn3)s2)c1. The van der Waals surface area contributed by atoms with Gasteiger partial charge in [-0.1, -0.05) is 36.5 Å². The van der Waals surface area contributed by atoms with Crippen molar-refractivity contribution in [2.75, 3.05) is 18.6 Å². The Morgan fingerprint density at radius 3 is 2.88 bits per heavy atom. The van der Waals surface area contributed by atoms with E-state index >= 15 is 0 Å². The van der Waals surface area contributed by atoms with Crippen LogP contribution in [0.2, 0.25) is 0 Å². The lowest BCUT2D eigenvalue weighted by molar-refractivity contribution is 0.413. The summed E-state index contributed by atoms with van der Waals surface area (Å²) in [7, 11) is 1.71. The number of methoxy groups -OCH3 is 1. The first-order valence-corrected chi connectivity index (χ1v) is 9.21. The third-order valence-electron chi connectivity index (χ3n) is 4.53. The second-order valence-electron chi connectivity index (χ2n) is 6.39. The molecule has 0 unspecified atom stereocenters. The third kappa shape index (κ3) is 3.22. The van der Waals surface area contributed by atoms with Crippen LogP contribution in [0.15, 0.2) is 48.7 Å². The minimum Gasteiger partial charge on any atom is -0.497 e. The molecular weight excluding hydrogens is 332 g/mol. The van der Waals surface area contributed by atoms with Crippen molar-refractivity contribution in [3.05, 3.63) is 54.2 Å². The molecule has 0 amide bonds. The van der Waals surface area contributed by atoms with E-state index in [-0.39, 0.29) is 0 Å². The van der Waals surface area contributed by atoms with E-state index in [9.17, 15) is 0 Å². The number of pyridine rings is 1. The molecule has 0 aliphatic carbocycles. The Balaban J connectivity index is 1.65. The second kappa shape index (κ2) is 6.80. The molecule has 3 aromatic rings. The van der Waals surface area contributed by atoms with E-state index in [1.165, 1.54) is 5.56 Å². The van der Waals surface area contributed by atoms with Crippen LogP contribution < -0.4 is 9.64 Å². The topological polar surface area (TPSA) is 51.1 Å². The van der Waals surface area contributed by atoms with Crippen molar-refractivity contribution < 1.29 is 4.74 Å². The smallest absolute Gasteiger partial charge is 0.209 e.